The highest BCUT2D eigenvalue weighted by atomic mass is 16.5. The number of nitrogens with one attached hydrogen (secondary N) is 1. The number of methoxy groups -OCH3 is 1. The Labute approximate surface area is 126 Å². The summed E-state index contributed by atoms with van der Waals surface area (Å²) < 4.78 is 5.17. The zero-order valence-electron chi connectivity index (χ0n) is 12.8. The number of rotatable bonds is 4. The molecule has 2 rings (SSSR count). The first-order chi connectivity index (χ1) is 10.1. The van der Waals surface area contributed by atoms with E-state index in [0.717, 1.165) is 43.8 Å². The van der Waals surface area contributed by atoms with Crippen LogP contribution in [0.15, 0.2) is 24.3 Å². The third-order valence-electron chi connectivity index (χ3n) is 3.99. The van der Waals surface area contributed by atoms with E-state index in [2.05, 4.69) is 5.32 Å². The fourth-order valence-electron chi connectivity index (χ4n) is 2.61. The number of hydrogen-bond donors (Lipinski definition) is 2. The average Bonchev–Trinajstić information content (AvgIpc) is 2.49. The van der Waals surface area contributed by atoms with Crippen LogP contribution < -0.4 is 11.1 Å². The third-order valence-corrected chi connectivity index (χ3v) is 3.99. The van der Waals surface area contributed by atoms with E-state index in [-0.39, 0.29) is 12.1 Å². The fraction of sp³-hybridized carbons (Fsp3) is 0.562. The Balaban J connectivity index is 1.84. The van der Waals surface area contributed by atoms with Gasteiger partial charge in [-0.05, 0) is 43.4 Å². The molecule has 5 nitrogen and oxygen atoms in total. The Bertz CT molecular complexity index is 451. The summed E-state index contributed by atoms with van der Waals surface area (Å²) >= 11 is 0. The quantitative estimate of drug-likeness (QED) is 0.896. The molecule has 0 aromatic heterocycles. The molecule has 0 spiro atoms. The van der Waals surface area contributed by atoms with Crippen molar-refractivity contribution in [2.24, 2.45) is 11.7 Å². The van der Waals surface area contributed by atoms with Gasteiger partial charge in [-0.2, -0.15) is 0 Å². The van der Waals surface area contributed by atoms with Gasteiger partial charge in [0, 0.05) is 38.5 Å². The molecule has 1 atom stereocenters. The highest BCUT2D eigenvalue weighted by Crippen LogP contribution is 2.19. The van der Waals surface area contributed by atoms with Crippen molar-refractivity contribution in [1.29, 1.82) is 0 Å². The standard InChI is InChI=1S/C16H25N3O2/c1-12(17)14-3-5-15(6-4-14)18-16(20)19-9-7-13(8-10-19)11-21-2/h3-6,12-13H,7-11,17H2,1-2H3,(H,18,20). The first kappa shape index (κ1) is 15.8. The summed E-state index contributed by atoms with van der Waals surface area (Å²) in [5.41, 5.74) is 7.69. The van der Waals surface area contributed by atoms with Gasteiger partial charge in [0.1, 0.15) is 0 Å². The Hall–Kier alpha value is -1.59. The number of amides is 2. The zero-order chi connectivity index (χ0) is 15.2. The van der Waals surface area contributed by atoms with Gasteiger partial charge in [-0.25, -0.2) is 4.79 Å². The lowest BCUT2D eigenvalue weighted by Gasteiger charge is -2.31. The Morgan fingerprint density at radius 2 is 2.00 bits per heavy atom. The van der Waals surface area contributed by atoms with Crippen LogP contribution in [0.2, 0.25) is 0 Å². The minimum atomic E-state index is -0.0283. The van der Waals surface area contributed by atoms with Gasteiger partial charge in [-0.3, -0.25) is 0 Å². The molecule has 0 bridgehead atoms. The molecule has 2 amide bonds. The molecule has 21 heavy (non-hydrogen) atoms. The van der Waals surface area contributed by atoms with Gasteiger partial charge < -0.3 is 20.7 Å². The number of hydrogen-bond acceptors (Lipinski definition) is 3. The molecule has 3 N–H and O–H groups in total. The van der Waals surface area contributed by atoms with E-state index in [1.807, 2.05) is 36.1 Å². The second-order valence-electron chi connectivity index (χ2n) is 5.73. The fourth-order valence-corrected chi connectivity index (χ4v) is 2.61. The van der Waals surface area contributed by atoms with Gasteiger partial charge in [0.2, 0.25) is 0 Å². The number of ether oxygens (including phenoxy) is 1. The van der Waals surface area contributed by atoms with Crippen molar-refractivity contribution in [2.75, 3.05) is 32.1 Å². The summed E-state index contributed by atoms with van der Waals surface area (Å²) in [4.78, 5) is 14.1. The predicted molar refractivity (Wildman–Crippen MR) is 84.2 cm³/mol. The first-order valence-corrected chi connectivity index (χ1v) is 7.50. The molecule has 1 fully saturated rings. The smallest absolute Gasteiger partial charge is 0.321 e. The van der Waals surface area contributed by atoms with Crippen molar-refractivity contribution in [1.82, 2.24) is 4.90 Å². The lowest BCUT2D eigenvalue weighted by molar-refractivity contribution is 0.110. The van der Waals surface area contributed by atoms with Gasteiger partial charge in [0.15, 0.2) is 0 Å². The molecule has 0 radical (unpaired) electrons. The van der Waals surface area contributed by atoms with Crippen LogP contribution in [-0.4, -0.2) is 37.7 Å². The monoisotopic (exact) mass is 291 g/mol. The van der Waals surface area contributed by atoms with Crippen LogP contribution in [0.4, 0.5) is 10.5 Å². The van der Waals surface area contributed by atoms with Crippen LogP contribution in [0.1, 0.15) is 31.4 Å². The van der Waals surface area contributed by atoms with E-state index in [9.17, 15) is 4.79 Å². The van der Waals surface area contributed by atoms with Crippen LogP contribution in [-0.2, 0) is 4.74 Å². The normalized spacial score (nSPS) is 17.6. The molecule has 1 heterocycles. The van der Waals surface area contributed by atoms with Crippen molar-refractivity contribution < 1.29 is 9.53 Å². The molecule has 1 aliphatic rings. The highest BCUT2D eigenvalue weighted by Gasteiger charge is 2.22. The number of likely N-dealkylation sites (tertiary alicyclic amines) is 1. The maximum absolute atomic E-state index is 12.2. The van der Waals surface area contributed by atoms with E-state index < -0.39 is 0 Å². The van der Waals surface area contributed by atoms with E-state index in [1.54, 1.807) is 7.11 Å². The van der Waals surface area contributed by atoms with E-state index in [0.29, 0.717) is 5.92 Å². The lowest BCUT2D eigenvalue weighted by Crippen LogP contribution is -2.41. The minimum Gasteiger partial charge on any atom is -0.384 e. The summed E-state index contributed by atoms with van der Waals surface area (Å²) in [6.07, 6.45) is 2.01. The third kappa shape index (κ3) is 4.44. The van der Waals surface area contributed by atoms with Crippen LogP contribution in [0, 0.1) is 5.92 Å². The molecule has 0 saturated carbocycles. The number of anilines is 1. The van der Waals surface area contributed by atoms with Crippen molar-refractivity contribution in [3.8, 4) is 0 Å². The topological polar surface area (TPSA) is 67.6 Å². The van der Waals surface area contributed by atoms with Gasteiger partial charge in [-0.1, -0.05) is 12.1 Å². The van der Waals surface area contributed by atoms with Gasteiger partial charge in [-0.15, -0.1) is 0 Å². The number of nitrogens with zero attached hydrogens (tertiary/aromatic N) is 1. The van der Waals surface area contributed by atoms with Crippen molar-refractivity contribution in [3.05, 3.63) is 29.8 Å². The van der Waals surface area contributed by atoms with E-state index in [1.165, 1.54) is 0 Å². The number of benzene rings is 1. The summed E-state index contributed by atoms with van der Waals surface area (Å²) in [7, 11) is 1.73. The SMILES string of the molecule is COCC1CCN(C(=O)Nc2ccc(C(C)N)cc2)CC1. The van der Waals surface area contributed by atoms with E-state index >= 15 is 0 Å². The number of nitrogens with two attached hydrogens (primary N) is 1. The Morgan fingerprint density at radius 3 is 2.52 bits per heavy atom. The number of carbonyl (C=O) groups excluding carboxylic acids is 1. The van der Waals surface area contributed by atoms with Crippen molar-refractivity contribution in [3.63, 3.8) is 0 Å². The number of carbonyl (C=O) groups is 1. The van der Waals surface area contributed by atoms with Crippen LogP contribution in [0.3, 0.4) is 0 Å². The highest BCUT2D eigenvalue weighted by molar-refractivity contribution is 5.89. The molecular formula is C16H25N3O2. The molecule has 1 unspecified atom stereocenters. The van der Waals surface area contributed by atoms with Gasteiger partial charge >= 0.3 is 6.03 Å². The minimum absolute atomic E-state index is 0.00886. The summed E-state index contributed by atoms with van der Waals surface area (Å²) in [5, 5.41) is 2.94. The summed E-state index contributed by atoms with van der Waals surface area (Å²) in [5.74, 6) is 0.573. The first-order valence-electron chi connectivity index (χ1n) is 7.50. The molecule has 1 aromatic carbocycles. The molecular weight excluding hydrogens is 266 g/mol. The lowest BCUT2D eigenvalue weighted by atomic mass is 9.98. The Kier molecular flexibility index (Phi) is 5.59. The molecule has 0 aliphatic carbocycles. The molecule has 1 saturated heterocycles. The largest absolute Gasteiger partial charge is 0.384 e. The number of urea groups is 1. The molecule has 5 heteroatoms. The van der Waals surface area contributed by atoms with Gasteiger partial charge in [0.05, 0.1) is 0 Å². The van der Waals surface area contributed by atoms with Crippen LogP contribution in [0.5, 0.6) is 0 Å². The molecule has 116 valence electrons. The average molecular weight is 291 g/mol. The van der Waals surface area contributed by atoms with Crippen molar-refractivity contribution in [2.45, 2.75) is 25.8 Å². The summed E-state index contributed by atoms with van der Waals surface area (Å²) in [6, 6.07) is 7.67. The Morgan fingerprint density at radius 1 is 1.38 bits per heavy atom. The maximum Gasteiger partial charge on any atom is 0.321 e. The van der Waals surface area contributed by atoms with Crippen LogP contribution in [0.25, 0.3) is 0 Å². The second kappa shape index (κ2) is 7.43. The van der Waals surface area contributed by atoms with E-state index in [4.69, 9.17) is 10.5 Å². The molecule has 1 aliphatic heterocycles. The molecule has 1 aromatic rings. The summed E-state index contributed by atoms with van der Waals surface area (Å²) in [6.45, 7) is 4.31. The predicted octanol–water partition coefficient (Wildman–Crippen LogP) is 2.60. The van der Waals surface area contributed by atoms with Crippen LogP contribution >= 0.6 is 0 Å². The van der Waals surface area contributed by atoms with Gasteiger partial charge in [0.25, 0.3) is 0 Å². The zero-order valence-corrected chi connectivity index (χ0v) is 12.8. The van der Waals surface area contributed by atoms with Crippen molar-refractivity contribution >= 4 is 11.7 Å². The second-order valence-corrected chi connectivity index (χ2v) is 5.73. The number of piperidine rings is 1. The maximum atomic E-state index is 12.2.